The average Bonchev–Trinajstić information content (AvgIpc) is 2.94. The molecule has 0 atom stereocenters. The number of para-hydroxylation sites is 1. The van der Waals surface area contributed by atoms with Gasteiger partial charge in [-0.25, -0.2) is 13.2 Å². The smallest absolute Gasteiger partial charge is 0.340 e. The van der Waals surface area contributed by atoms with Gasteiger partial charge in [0.05, 0.1) is 27.8 Å². The molecule has 0 radical (unpaired) electrons. The number of ether oxygens (including phenoxy) is 1. The molecule has 0 unspecified atom stereocenters. The summed E-state index contributed by atoms with van der Waals surface area (Å²) >= 11 is 0. The summed E-state index contributed by atoms with van der Waals surface area (Å²) in [7, 11) is -3.49. The third-order valence-electron chi connectivity index (χ3n) is 6.54. The molecule has 1 saturated heterocycles. The highest BCUT2D eigenvalue weighted by molar-refractivity contribution is 7.89. The van der Waals surface area contributed by atoms with Gasteiger partial charge in [-0.2, -0.15) is 4.31 Å². The predicted octanol–water partition coefficient (Wildman–Crippen LogP) is 3.31. The van der Waals surface area contributed by atoms with Crippen molar-refractivity contribution in [2.75, 3.05) is 44.2 Å². The number of carbonyl (C=O) groups is 1. The fourth-order valence-corrected chi connectivity index (χ4v) is 6.90. The first-order valence-electron chi connectivity index (χ1n) is 11.5. The number of hydrogen-bond acceptors (Lipinski definition) is 6. The lowest BCUT2D eigenvalue weighted by atomic mass is 9.94. The number of hydrogen-bond donors (Lipinski definition) is 0. The molecule has 2 heterocycles. The highest BCUT2D eigenvalue weighted by atomic mass is 32.2. The van der Waals surface area contributed by atoms with E-state index in [9.17, 15) is 13.2 Å². The van der Waals surface area contributed by atoms with Crippen LogP contribution >= 0.6 is 0 Å². The number of benzene rings is 2. The van der Waals surface area contributed by atoms with Gasteiger partial charge < -0.3 is 9.64 Å². The first-order valence-corrected chi connectivity index (χ1v) is 13.0. The number of carbonyl (C=O) groups excluding carboxylic acids is 1. The molecule has 0 aromatic heterocycles. The molecule has 0 amide bonds. The van der Waals surface area contributed by atoms with Crippen LogP contribution in [0.15, 0.2) is 53.4 Å². The second kappa shape index (κ2) is 9.08. The molecular weight excluding hydrogens is 438 g/mol. The van der Waals surface area contributed by atoms with Crippen LogP contribution in [0, 0.1) is 0 Å². The third-order valence-corrected chi connectivity index (χ3v) is 8.67. The summed E-state index contributed by atoms with van der Waals surface area (Å²) in [6, 6.07) is 14.9. The van der Waals surface area contributed by atoms with Crippen molar-refractivity contribution in [1.82, 2.24) is 9.21 Å². The Labute approximate surface area is 197 Å². The molecule has 2 aromatic carbocycles. The predicted molar refractivity (Wildman–Crippen MR) is 129 cm³/mol. The Morgan fingerprint density at radius 1 is 0.970 bits per heavy atom. The van der Waals surface area contributed by atoms with Gasteiger partial charge in [0.2, 0.25) is 10.0 Å². The maximum atomic E-state index is 13.1. The quantitative estimate of drug-likeness (QED) is 0.602. The average molecular weight is 472 g/mol. The molecule has 0 aliphatic carbocycles. The SMILES string of the molecule is CC(C)OC(=O)c1ccccc1N1CCN(CCN2C(C)(C)c3ccccc3S2(=O)=O)CC1. The zero-order chi connectivity index (χ0) is 23.8. The normalized spacial score (nSPS) is 20.1. The second-order valence-electron chi connectivity index (χ2n) is 9.43. The molecule has 178 valence electrons. The van der Waals surface area contributed by atoms with Crippen molar-refractivity contribution >= 4 is 21.7 Å². The van der Waals surface area contributed by atoms with Crippen molar-refractivity contribution < 1.29 is 17.9 Å². The van der Waals surface area contributed by atoms with E-state index in [2.05, 4.69) is 9.80 Å². The Balaban J connectivity index is 1.39. The number of nitrogens with zero attached hydrogens (tertiary/aromatic N) is 3. The topological polar surface area (TPSA) is 70.2 Å². The van der Waals surface area contributed by atoms with Crippen LogP contribution in [0.2, 0.25) is 0 Å². The third kappa shape index (κ3) is 4.52. The van der Waals surface area contributed by atoms with Crippen molar-refractivity contribution in [3.05, 3.63) is 59.7 Å². The molecular formula is C25H33N3O4S. The van der Waals surface area contributed by atoms with Crippen molar-refractivity contribution in [3.8, 4) is 0 Å². The Bertz CT molecular complexity index is 1120. The Kier molecular flexibility index (Phi) is 6.53. The van der Waals surface area contributed by atoms with Crippen LogP contribution in [-0.2, 0) is 20.3 Å². The van der Waals surface area contributed by atoms with Crippen molar-refractivity contribution in [2.24, 2.45) is 0 Å². The van der Waals surface area contributed by atoms with Gasteiger partial charge >= 0.3 is 5.97 Å². The Morgan fingerprint density at radius 2 is 1.61 bits per heavy atom. The van der Waals surface area contributed by atoms with Gasteiger partial charge in [0, 0.05) is 39.3 Å². The van der Waals surface area contributed by atoms with Gasteiger partial charge in [-0.1, -0.05) is 30.3 Å². The van der Waals surface area contributed by atoms with E-state index in [1.54, 1.807) is 16.4 Å². The lowest BCUT2D eigenvalue weighted by Crippen LogP contribution is -2.50. The molecule has 1 fully saturated rings. The van der Waals surface area contributed by atoms with E-state index in [0.717, 1.165) is 37.4 Å². The first-order chi connectivity index (χ1) is 15.6. The van der Waals surface area contributed by atoms with Crippen LogP contribution in [0.4, 0.5) is 5.69 Å². The largest absolute Gasteiger partial charge is 0.459 e. The first kappa shape index (κ1) is 23.7. The van der Waals surface area contributed by atoms with Gasteiger partial charge in [0.25, 0.3) is 0 Å². The molecule has 0 bridgehead atoms. The van der Waals surface area contributed by atoms with Gasteiger partial charge in [-0.15, -0.1) is 0 Å². The summed E-state index contributed by atoms with van der Waals surface area (Å²) in [5.74, 6) is -0.302. The van der Waals surface area contributed by atoms with E-state index in [1.165, 1.54) is 0 Å². The maximum absolute atomic E-state index is 13.1. The van der Waals surface area contributed by atoms with Crippen molar-refractivity contribution in [2.45, 2.75) is 44.2 Å². The number of sulfonamides is 1. The van der Waals surface area contributed by atoms with E-state index in [-0.39, 0.29) is 12.1 Å². The summed E-state index contributed by atoms with van der Waals surface area (Å²) in [5.41, 5.74) is 1.77. The summed E-state index contributed by atoms with van der Waals surface area (Å²) in [5, 5.41) is 0. The number of esters is 1. The van der Waals surface area contributed by atoms with E-state index < -0.39 is 15.6 Å². The molecule has 0 spiro atoms. The maximum Gasteiger partial charge on any atom is 0.340 e. The summed E-state index contributed by atoms with van der Waals surface area (Å²) < 4.78 is 33.3. The van der Waals surface area contributed by atoms with Gasteiger partial charge in [0.1, 0.15) is 0 Å². The van der Waals surface area contributed by atoms with Crippen LogP contribution in [0.5, 0.6) is 0 Å². The zero-order valence-corrected chi connectivity index (χ0v) is 20.6. The summed E-state index contributed by atoms with van der Waals surface area (Å²) in [6.45, 7) is 11.9. The lowest BCUT2D eigenvalue weighted by Gasteiger charge is -2.38. The summed E-state index contributed by atoms with van der Waals surface area (Å²) in [4.78, 5) is 17.4. The molecule has 0 saturated carbocycles. The molecule has 2 aliphatic rings. The zero-order valence-electron chi connectivity index (χ0n) is 19.8. The number of piperazine rings is 1. The second-order valence-corrected chi connectivity index (χ2v) is 11.3. The highest BCUT2D eigenvalue weighted by Crippen LogP contribution is 2.43. The molecule has 8 heteroatoms. The molecule has 4 rings (SSSR count). The van der Waals surface area contributed by atoms with Gasteiger partial charge in [-0.05, 0) is 51.5 Å². The number of fused-ring (bicyclic) bond motifs is 1. The van der Waals surface area contributed by atoms with Crippen LogP contribution in [0.3, 0.4) is 0 Å². The van der Waals surface area contributed by atoms with Crippen LogP contribution < -0.4 is 4.90 Å². The number of anilines is 1. The molecule has 2 aromatic rings. The van der Waals surface area contributed by atoms with Crippen LogP contribution in [-0.4, -0.2) is 69.0 Å². The van der Waals surface area contributed by atoms with Gasteiger partial charge in [0.15, 0.2) is 0 Å². The molecule has 33 heavy (non-hydrogen) atoms. The van der Waals surface area contributed by atoms with E-state index in [1.807, 2.05) is 64.1 Å². The Hall–Kier alpha value is -2.42. The van der Waals surface area contributed by atoms with E-state index >= 15 is 0 Å². The van der Waals surface area contributed by atoms with Crippen molar-refractivity contribution in [1.29, 1.82) is 0 Å². The standard InChI is InChI=1S/C25H33N3O4S/c1-19(2)32-24(29)20-9-5-7-11-22(20)27-16-13-26(14-17-27)15-18-28-25(3,4)21-10-6-8-12-23(21)33(28,30)31/h5-12,19H,13-18H2,1-4H3. The lowest BCUT2D eigenvalue weighted by molar-refractivity contribution is 0.0378. The molecule has 7 nitrogen and oxygen atoms in total. The molecule has 2 aliphatic heterocycles. The fraction of sp³-hybridized carbons (Fsp3) is 0.480. The van der Waals surface area contributed by atoms with E-state index in [4.69, 9.17) is 4.74 Å². The minimum atomic E-state index is -3.49. The Morgan fingerprint density at radius 3 is 2.27 bits per heavy atom. The number of rotatable bonds is 6. The van der Waals surface area contributed by atoms with Gasteiger partial charge in [-0.3, -0.25) is 4.90 Å². The minimum absolute atomic E-state index is 0.167. The highest BCUT2D eigenvalue weighted by Gasteiger charge is 2.47. The van der Waals surface area contributed by atoms with Crippen LogP contribution in [0.25, 0.3) is 0 Å². The van der Waals surface area contributed by atoms with E-state index in [0.29, 0.717) is 23.5 Å². The molecule has 0 N–H and O–H groups in total. The van der Waals surface area contributed by atoms with Crippen molar-refractivity contribution in [3.63, 3.8) is 0 Å². The minimum Gasteiger partial charge on any atom is -0.459 e. The monoisotopic (exact) mass is 471 g/mol. The fourth-order valence-electron chi connectivity index (χ4n) is 4.79. The van der Waals surface area contributed by atoms with Crippen LogP contribution in [0.1, 0.15) is 43.6 Å². The summed E-state index contributed by atoms with van der Waals surface area (Å²) in [6.07, 6.45) is -0.167.